The highest BCUT2D eigenvalue weighted by Crippen LogP contribution is 2.33. The Morgan fingerprint density at radius 2 is 1.86 bits per heavy atom. The lowest BCUT2D eigenvalue weighted by atomic mass is 9.88. The molecule has 1 aromatic rings. The molecule has 1 aromatic carbocycles. The van der Waals surface area contributed by atoms with E-state index in [0.717, 1.165) is 29.9 Å². The van der Waals surface area contributed by atoms with Crippen LogP contribution in [0.1, 0.15) is 50.6 Å². The van der Waals surface area contributed by atoms with E-state index >= 15 is 0 Å². The summed E-state index contributed by atoms with van der Waals surface area (Å²) in [6.07, 6.45) is 5.67. The fraction of sp³-hybridized carbons (Fsp3) is 0.588. The van der Waals surface area contributed by atoms with Crippen molar-refractivity contribution in [2.24, 2.45) is 5.92 Å². The molecule has 4 nitrogen and oxygen atoms in total. The highest BCUT2D eigenvalue weighted by atomic mass is 16.6. The minimum Gasteiger partial charge on any atom is -0.486 e. The molecule has 0 saturated heterocycles. The van der Waals surface area contributed by atoms with Crippen LogP contribution in [0.4, 0.5) is 0 Å². The summed E-state index contributed by atoms with van der Waals surface area (Å²) in [7, 11) is 0. The number of fused-ring (bicyclic) bond motifs is 1. The van der Waals surface area contributed by atoms with Gasteiger partial charge in [-0.1, -0.05) is 25.3 Å². The summed E-state index contributed by atoms with van der Waals surface area (Å²) in [5.74, 6) is 1.95. The largest absolute Gasteiger partial charge is 0.486 e. The van der Waals surface area contributed by atoms with Gasteiger partial charge in [-0.25, -0.2) is 0 Å². The third-order valence-corrected chi connectivity index (χ3v) is 4.40. The molecule has 1 aliphatic heterocycles. The topological polar surface area (TPSA) is 47.6 Å². The van der Waals surface area contributed by atoms with Gasteiger partial charge in [0.25, 0.3) is 0 Å². The summed E-state index contributed by atoms with van der Waals surface area (Å²) >= 11 is 0. The first-order valence-corrected chi connectivity index (χ1v) is 7.94. The second kappa shape index (κ2) is 6.37. The monoisotopic (exact) mass is 289 g/mol. The SMILES string of the molecule is C[C@H](NC(=O)C1CCCCC1)c1ccc2c(c1)OCCO2. The summed E-state index contributed by atoms with van der Waals surface area (Å²) < 4.78 is 11.1. The molecule has 1 aliphatic carbocycles. The Bertz CT molecular complexity index is 509. The van der Waals surface area contributed by atoms with Crippen LogP contribution in [-0.2, 0) is 4.79 Å². The summed E-state index contributed by atoms with van der Waals surface area (Å²) in [5.41, 5.74) is 1.06. The van der Waals surface area contributed by atoms with Gasteiger partial charge in [0.05, 0.1) is 6.04 Å². The molecule has 0 bridgehead atoms. The van der Waals surface area contributed by atoms with Crippen LogP contribution < -0.4 is 14.8 Å². The molecule has 3 rings (SSSR count). The predicted molar refractivity (Wildman–Crippen MR) is 80.6 cm³/mol. The molecule has 1 atom stereocenters. The number of nitrogens with one attached hydrogen (secondary N) is 1. The number of hydrogen-bond donors (Lipinski definition) is 1. The molecule has 0 radical (unpaired) electrons. The van der Waals surface area contributed by atoms with Crippen molar-refractivity contribution in [1.82, 2.24) is 5.32 Å². The van der Waals surface area contributed by atoms with Crippen LogP contribution in [0, 0.1) is 5.92 Å². The fourth-order valence-corrected chi connectivity index (χ4v) is 3.11. The number of benzene rings is 1. The Balaban J connectivity index is 1.64. The minimum absolute atomic E-state index is 0.00440. The third-order valence-electron chi connectivity index (χ3n) is 4.40. The van der Waals surface area contributed by atoms with Gasteiger partial charge in [0.1, 0.15) is 13.2 Å². The van der Waals surface area contributed by atoms with Crippen molar-refractivity contribution in [2.45, 2.75) is 45.1 Å². The van der Waals surface area contributed by atoms with Crippen molar-refractivity contribution in [2.75, 3.05) is 13.2 Å². The van der Waals surface area contributed by atoms with Crippen molar-refractivity contribution >= 4 is 5.91 Å². The Labute approximate surface area is 125 Å². The van der Waals surface area contributed by atoms with Crippen LogP contribution in [0.25, 0.3) is 0 Å². The zero-order valence-electron chi connectivity index (χ0n) is 12.6. The summed E-state index contributed by atoms with van der Waals surface area (Å²) in [4.78, 5) is 12.3. The van der Waals surface area contributed by atoms with E-state index in [4.69, 9.17) is 9.47 Å². The highest BCUT2D eigenvalue weighted by molar-refractivity contribution is 5.79. The van der Waals surface area contributed by atoms with Gasteiger partial charge in [-0.15, -0.1) is 0 Å². The van der Waals surface area contributed by atoms with E-state index in [1.807, 2.05) is 25.1 Å². The molecule has 1 fully saturated rings. The Morgan fingerprint density at radius 1 is 1.14 bits per heavy atom. The van der Waals surface area contributed by atoms with Gasteiger partial charge in [0.2, 0.25) is 5.91 Å². The minimum atomic E-state index is -0.00440. The van der Waals surface area contributed by atoms with Crippen molar-refractivity contribution in [3.8, 4) is 11.5 Å². The molecule has 4 heteroatoms. The average molecular weight is 289 g/mol. The second-order valence-electron chi connectivity index (χ2n) is 5.97. The van der Waals surface area contributed by atoms with Gasteiger partial charge in [0.15, 0.2) is 11.5 Å². The zero-order valence-corrected chi connectivity index (χ0v) is 12.6. The lowest BCUT2D eigenvalue weighted by Crippen LogP contribution is -2.33. The number of carbonyl (C=O) groups is 1. The van der Waals surface area contributed by atoms with E-state index in [0.29, 0.717) is 13.2 Å². The average Bonchev–Trinajstić information content (AvgIpc) is 2.55. The lowest BCUT2D eigenvalue weighted by molar-refractivity contribution is -0.126. The Kier molecular flexibility index (Phi) is 4.32. The molecule has 0 aromatic heterocycles. The van der Waals surface area contributed by atoms with Crippen LogP contribution >= 0.6 is 0 Å². The first-order chi connectivity index (χ1) is 10.2. The molecule has 114 valence electrons. The van der Waals surface area contributed by atoms with Crippen LogP contribution in [0.3, 0.4) is 0 Å². The quantitative estimate of drug-likeness (QED) is 0.929. The maximum absolute atomic E-state index is 12.3. The van der Waals surface area contributed by atoms with Crippen molar-refractivity contribution in [3.05, 3.63) is 23.8 Å². The standard InChI is InChI=1S/C17H23NO3/c1-12(18-17(19)13-5-3-2-4-6-13)14-7-8-15-16(11-14)21-10-9-20-15/h7-8,11-13H,2-6,9-10H2,1H3,(H,18,19)/t12-/m0/s1. The fourth-order valence-electron chi connectivity index (χ4n) is 3.11. The molecular weight excluding hydrogens is 266 g/mol. The molecule has 1 saturated carbocycles. The summed E-state index contributed by atoms with van der Waals surface area (Å²) in [6.45, 7) is 3.20. The van der Waals surface area contributed by atoms with Gasteiger partial charge in [0, 0.05) is 5.92 Å². The first-order valence-electron chi connectivity index (χ1n) is 7.94. The van der Waals surface area contributed by atoms with Crippen LogP contribution in [0.5, 0.6) is 11.5 Å². The first kappa shape index (κ1) is 14.2. The Morgan fingerprint density at radius 3 is 2.62 bits per heavy atom. The molecule has 1 amide bonds. The van der Waals surface area contributed by atoms with Gasteiger partial charge in [-0.2, -0.15) is 0 Å². The van der Waals surface area contributed by atoms with E-state index in [1.165, 1.54) is 19.3 Å². The highest BCUT2D eigenvalue weighted by Gasteiger charge is 2.23. The lowest BCUT2D eigenvalue weighted by Gasteiger charge is -2.24. The van der Waals surface area contributed by atoms with Crippen molar-refractivity contribution < 1.29 is 14.3 Å². The van der Waals surface area contributed by atoms with E-state index < -0.39 is 0 Å². The van der Waals surface area contributed by atoms with Gasteiger partial charge < -0.3 is 14.8 Å². The van der Waals surface area contributed by atoms with Crippen molar-refractivity contribution in [3.63, 3.8) is 0 Å². The van der Waals surface area contributed by atoms with E-state index in [9.17, 15) is 4.79 Å². The zero-order chi connectivity index (χ0) is 14.7. The normalized spacial score (nSPS) is 19.9. The Hall–Kier alpha value is -1.71. The van der Waals surface area contributed by atoms with E-state index in [1.54, 1.807) is 0 Å². The molecule has 2 aliphatic rings. The van der Waals surface area contributed by atoms with Crippen LogP contribution in [0.2, 0.25) is 0 Å². The van der Waals surface area contributed by atoms with Crippen LogP contribution in [-0.4, -0.2) is 19.1 Å². The molecule has 1 heterocycles. The summed E-state index contributed by atoms with van der Waals surface area (Å²) in [5, 5.41) is 3.14. The van der Waals surface area contributed by atoms with E-state index in [-0.39, 0.29) is 17.9 Å². The number of ether oxygens (including phenoxy) is 2. The third kappa shape index (κ3) is 3.31. The smallest absolute Gasteiger partial charge is 0.223 e. The van der Waals surface area contributed by atoms with E-state index in [2.05, 4.69) is 5.32 Å². The predicted octanol–water partition coefficient (Wildman–Crippen LogP) is 3.22. The molecule has 21 heavy (non-hydrogen) atoms. The number of hydrogen-bond acceptors (Lipinski definition) is 3. The van der Waals surface area contributed by atoms with Crippen LogP contribution in [0.15, 0.2) is 18.2 Å². The number of amides is 1. The number of carbonyl (C=O) groups excluding carboxylic acids is 1. The molecule has 0 spiro atoms. The van der Waals surface area contributed by atoms with Gasteiger partial charge in [-0.05, 0) is 37.5 Å². The molecule has 0 unspecified atom stereocenters. The molecular formula is C17H23NO3. The maximum Gasteiger partial charge on any atom is 0.223 e. The van der Waals surface area contributed by atoms with Gasteiger partial charge in [-0.3, -0.25) is 4.79 Å². The maximum atomic E-state index is 12.3. The molecule has 1 N–H and O–H groups in total. The van der Waals surface area contributed by atoms with Gasteiger partial charge >= 0.3 is 0 Å². The second-order valence-corrected chi connectivity index (χ2v) is 5.97. The van der Waals surface area contributed by atoms with Crippen molar-refractivity contribution in [1.29, 1.82) is 0 Å². The summed E-state index contributed by atoms with van der Waals surface area (Å²) in [6, 6.07) is 5.89. The number of rotatable bonds is 3.